The van der Waals surface area contributed by atoms with E-state index < -0.39 is 29.2 Å². The molecule has 0 unspecified atom stereocenters. The van der Waals surface area contributed by atoms with Gasteiger partial charge in [0.15, 0.2) is 11.5 Å². The van der Waals surface area contributed by atoms with Crippen molar-refractivity contribution in [1.29, 1.82) is 0 Å². The first-order chi connectivity index (χ1) is 19.3. The molecular formula is C29H44N4O7. The van der Waals surface area contributed by atoms with Crippen LogP contribution in [0.15, 0.2) is 18.2 Å². The molecule has 1 aliphatic carbocycles. The number of hydrogen-bond donors (Lipinski definition) is 3. The van der Waals surface area contributed by atoms with Gasteiger partial charge in [0.1, 0.15) is 5.54 Å². The number of benzene rings is 1. The topological polar surface area (TPSA) is 135 Å². The molecule has 0 spiro atoms. The number of ether oxygens (including phenoxy) is 3. The lowest BCUT2D eigenvalue weighted by molar-refractivity contribution is -0.141. The maximum absolute atomic E-state index is 13.7. The number of morpholine rings is 1. The van der Waals surface area contributed by atoms with E-state index in [0.717, 1.165) is 31.2 Å². The Bertz CT molecular complexity index is 1020. The van der Waals surface area contributed by atoms with E-state index in [2.05, 4.69) is 16.0 Å². The minimum Gasteiger partial charge on any atom is -0.493 e. The molecule has 0 bridgehead atoms. The van der Waals surface area contributed by atoms with Gasteiger partial charge in [-0.3, -0.25) is 14.4 Å². The highest BCUT2D eigenvalue weighted by molar-refractivity contribution is 6.38. The van der Waals surface area contributed by atoms with Gasteiger partial charge in [-0.15, -0.1) is 0 Å². The molecule has 1 atom stereocenters. The van der Waals surface area contributed by atoms with Crippen LogP contribution in [0.2, 0.25) is 0 Å². The van der Waals surface area contributed by atoms with Crippen LogP contribution in [0.25, 0.3) is 0 Å². The largest absolute Gasteiger partial charge is 0.493 e. The molecule has 0 aromatic heterocycles. The number of carbonyl (C=O) groups excluding carboxylic acids is 4. The fraction of sp³-hybridized carbons (Fsp3) is 0.655. The highest BCUT2D eigenvalue weighted by atomic mass is 16.5. The smallest absolute Gasteiger partial charge is 0.318 e. The standard InChI is InChI=1S/C29H44N4O7/c1-4-5-9-22(25(34)26(35)30-15-12-21-10-11-23(38-2)24(20-21)39-3)31-27(36)29(13-7-6-8-14-29)32-28(37)33-16-18-40-19-17-33/h10-11,20,22H,4-9,12-19H2,1-3H3,(H,30,35)(H,31,36)(H,32,37)/t22-/m0/s1. The van der Waals surface area contributed by atoms with Crippen molar-refractivity contribution in [3.8, 4) is 11.5 Å². The van der Waals surface area contributed by atoms with Crippen LogP contribution in [-0.4, -0.2) is 87.2 Å². The monoisotopic (exact) mass is 560 g/mol. The van der Waals surface area contributed by atoms with Crippen LogP contribution < -0.4 is 25.4 Å². The van der Waals surface area contributed by atoms with Gasteiger partial charge in [-0.05, 0) is 43.4 Å². The zero-order chi connectivity index (χ0) is 29.0. The van der Waals surface area contributed by atoms with Gasteiger partial charge in [-0.1, -0.05) is 45.1 Å². The van der Waals surface area contributed by atoms with Gasteiger partial charge < -0.3 is 35.1 Å². The van der Waals surface area contributed by atoms with Crippen LogP contribution in [0.4, 0.5) is 4.79 Å². The summed E-state index contributed by atoms with van der Waals surface area (Å²) < 4.78 is 15.9. The number of nitrogens with zero attached hydrogens (tertiary/aromatic N) is 1. The zero-order valence-electron chi connectivity index (χ0n) is 24.0. The molecule has 11 nitrogen and oxygen atoms in total. The number of carbonyl (C=O) groups is 4. The van der Waals surface area contributed by atoms with Crippen LogP contribution in [0.5, 0.6) is 11.5 Å². The van der Waals surface area contributed by atoms with Gasteiger partial charge in [-0.25, -0.2) is 4.79 Å². The summed E-state index contributed by atoms with van der Waals surface area (Å²) in [6.07, 6.45) is 5.84. The maximum Gasteiger partial charge on any atom is 0.318 e. The second kappa shape index (κ2) is 15.4. The van der Waals surface area contributed by atoms with Crippen LogP contribution in [0.1, 0.15) is 63.9 Å². The molecule has 4 amide bonds. The zero-order valence-corrected chi connectivity index (χ0v) is 24.0. The Kier molecular flexibility index (Phi) is 12.0. The summed E-state index contributed by atoms with van der Waals surface area (Å²) in [4.78, 5) is 54.4. The van der Waals surface area contributed by atoms with E-state index >= 15 is 0 Å². The van der Waals surface area contributed by atoms with Crippen molar-refractivity contribution in [2.24, 2.45) is 0 Å². The number of nitrogens with one attached hydrogen (secondary N) is 3. The summed E-state index contributed by atoms with van der Waals surface area (Å²) in [6, 6.07) is 4.22. The van der Waals surface area contributed by atoms with Crippen LogP contribution >= 0.6 is 0 Å². The summed E-state index contributed by atoms with van der Waals surface area (Å²) in [7, 11) is 3.11. The summed E-state index contributed by atoms with van der Waals surface area (Å²) in [6.45, 7) is 4.07. The molecule has 1 heterocycles. The minimum absolute atomic E-state index is 0.244. The van der Waals surface area contributed by atoms with E-state index in [1.165, 1.54) is 0 Å². The van der Waals surface area contributed by atoms with Crippen LogP contribution in [0.3, 0.4) is 0 Å². The van der Waals surface area contributed by atoms with Crippen molar-refractivity contribution in [3.05, 3.63) is 23.8 Å². The summed E-state index contributed by atoms with van der Waals surface area (Å²) in [5.41, 5.74) is -0.195. The number of hydrogen-bond acceptors (Lipinski definition) is 7. The van der Waals surface area contributed by atoms with Crippen molar-refractivity contribution < 1.29 is 33.4 Å². The Morgan fingerprint density at radius 3 is 2.38 bits per heavy atom. The van der Waals surface area contributed by atoms with Crippen LogP contribution in [-0.2, 0) is 25.5 Å². The Labute approximate surface area is 236 Å². The second-order valence-electron chi connectivity index (χ2n) is 10.4. The lowest BCUT2D eigenvalue weighted by Gasteiger charge is -2.39. The fourth-order valence-electron chi connectivity index (χ4n) is 5.19. The molecule has 11 heteroatoms. The predicted molar refractivity (Wildman–Crippen MR) is 149 cm³/mol. The number of Topliss-reactive ketones (excluding diaryl/α,β-unsaturated/α-hetero) is 1. The van der Waals surface area contributed by atoms with Gasteiger partial charge in [0.2, 0.25) is 11.7 Å². The van der Waals surface area contributed by atoms with E-state index in [0.29, 0.717) is 69.9 Å². The van der Waals surface area contributed by atoms with Crippen molar-refractivity contribution in [2.45, 2.75) is 76.3 Å². The molecule has 1 aliphatic heterocycles. The van der Waals surface area contributed by atoms with Crippen molar-refractivity contribution in [2.75, 3.05) is 47.1 Å². The quantitative estimate of drug-likeness (QED) is 0.315. The molecule has 40 heavy (non-hydrogen) atoms. The van der Waals surface area contributed by atoms with E-state index in [1.807, 2.05) is 19.1 Å². The van der Waals surface area contributed by atoms with Crippen molar-refractivity contribution in [3.63, 3.8) is 0 Å². The summed E-state index contributed by atoms with van der Waals surface area (Å²) in [5, 5.41) is 8.53. The Morgan fingerprint density at radius 2 is 1.73 bits per heavy atom. The SMILES string of the molecule is CCCC[C@H](NC(=O)C1(NC(=O)N2CCOCC2)CCCCC1)C(=O)C(=O)NCCc1ccc(OC)c(OC)c1. The van der Waals surface area contributed by atoms with Gasteiger partial charge in [-0.2, -0.15) is 0 Å². The first kappa shape index (κ1) is 31.2. The summed E-state index contributed by atoms with van der Waals surface area (Å²) >= 11 is 0. The van der Waals surface area contributed by atoms with Gasteiger partial charge in [0, 0.05) is 19.6 Å². The first-order valence-electron chi connectivity index (χ1n) is 14.3. The molecule has 2 fully saturated rings. The Hall–Kier alpha value is -3.34. The lowest BCUT2D eigenvalue weighted by atomic mass is 9.80. The molecule has 222 valence electrons. The van der Waals surface area contributed by atoms with Gasteiger partial charge >= 0.3 is 6.03 Å². The van der Waals surface area contributed by atoms with E-state index in [1.54, 1.807) is 25.2 Å². The third kappa shape index (κ3) is 8.33. The average Bonchev–Trinajstić information content (AvgIpc) is 2.99. The third-order valence-electron chi connectivity index (χ3n) is 7.63. The highest BCUT2D eigenvalue weighted by Crippen LogP contribution is 2.30. The Balaban J connectivity index is 1.63. The van der Waals surface area contributed by atoms with Crippen molar-refractivity contribution in [1.82, 2.24) is 20.9 Å². The molecular weight excluding hydrogens is 516 g/mol. The lowest BCUT2D eigenvalue weighted by Crippen LogP contribution is -2.64. The van der Waals surface area contributed by atoms with E-state index in [9.17, 15) is 19.2 Å². The number of unbranched alkanes of at least 4 members (excludes halogenated alkanes) is 1. The van der Waals surface area contributed by atoms with E-state index in [-0.39, 0.29) is 12.6 Å². The molecule has 0 radical (unpaired) electrons. The van der Waals surface area contributed by atoms with Crippen LogP contribution in [0, 0.1) is 0 Å². The second-order valence-corrected chi connectivity index (χ2v) is 10.4. The normalized spacial score (nSPS) is 17.3. The molecule has 1 saturated carbocycles. The minimum atomic E-state index is -1.11. The molecule has 1 aromatic rings. The number of rotatable bonds is 13. The van der Waals surface area contributed by atoms with Gasteiger partial charge in [0.05, 0.1) is 33.5 Å². The predicted octanol–water partition coefficient (Wildman–Crippen LogP) is 2.35. The van der Waals surface area contributed by atoms with E-state index in [4.69, 9.17) is 14.2 Å². The molecule has 2 aliphatic rings. The first-order valence-corrected chi connectivity index (χ1v) is 14.3. The highest BCUT2D eigenvalue weighted by Gasteiger charge is 2.43. The van der Waals surface area contributed by atoms with Gasteiger partial charge in [0.25, 0.3) is 5.91 Å². The third-order valence-corrected chi connectivity index (χ3v) is 7.63. The van der Waals surface area contributed by atoms with Crippen molar-refractivity contribution >= 4 is 23.6 Å². The maximum atomic E-state index is 13.7. The number of amides is 4. The Morgan fingerprint density at radius 1 is 1.02 bits per heavy atom. The number of urea groups is 1. The molecule has 1 saturated heterocycles. The number of ketones is 1. The molecule has 3 rings (SSSR count). The molecule has 3 N–H and O–H groups in total. The fourth-order valence-corrected chi connectivity index (χ4v) is 5.19. The number of methoxy groups -OCH3 is 2. The molecule has 1 aromatic carbocycles. The average molecular weight is 561 g/mol. The summed E-state index contributed by atoms with van der Waals surface area (Å²) in [5.74, 6) is -0.628.